The Hall–Kier alpha value is -2.82. The maximum atomic E-state index is 6.04. The number of hydrogen-bond acceptors (Lipinski definition) is 5. The van der Waals surface area contributed by atoms with Crippen LogP contribution in [0.4, 0.5) is 5.69 Å². The average molecular weight is 498 g/mol. The van der Waals surface area contributed by atoms with Crippen molar-refractivity contribution in [3.05, 3.63) is 53.1 Å². The lowest BCUT2D eigenvalue weighted by atomic mass is 9.63. The van der Waals surface area contributed by atoms with Gasteiger partial charge in [0.05, 0.1) is 17.8 Å². The lowest BCUT2D eigenvalue weighted by Gasteiger charge is -2.47. The van der Waals surface area contributed by atoms with Gasteiger partial charge in [0.15, 0.2) is 0 Å². The first-order valence-corrected chi connectivity index (χ1v) is 14.6. The maximum Gasteiger partial charge on any atom is 0.147 e. The number of ether oxygens (including phenoxy) is 1. The molecule has 2 aromatic heterocycles. The van der Waals surface area contributed by atoms with Gasteiger partial charge in [0.2, 0.25) is 0 Å². The smallest absolute Gasteiger partial charge is 0.147 e. The number of piperidine rings is 1. The number of nitrogens with zero attached hydrogens (tertiary/aromatic N) is 3. The van der Waals surface area contributed by atoms with Crippen LogP contribution in [0.3, 0.4) is 0 Å². The van der Waals surface area contributed by atoms with Gasteiger partial charge in [-0.1, -0.05) is 30.5 Å². The van der Waals surface area contributed by atoms with E-state index in [9.17, 15) is 0 Å². The number of rotatable bonds is 6. The van der Waals surface area contributed by atoms with Gasteiger partial charge in [-0.15, -0.1) is 0 Å². The zero-order valence-corrected chi connectivity index (χ0v) is 22.4. The van der Waals surface area contributed by atoms with Crippen LogP contribution < -0.4 is 9.64 Å². The molecule has 3 fully saturated rings. The molecule has 0 amide bonds. The molecular weight excluding hydrogens is 458 g/mol. The predicted octanol–water partition coefficient (Wildman–Crippen LogP) is 7.93. The number of hydrogen-bond donors (Lipinski definition) is 0. The zero-order chi connectivity index (χ0) is 25.0. The minimum absolute atomic E-state index is 0.347. The van der Waals surface area contributed by atoms with E-state index in [2.05, 4.69) is 35.2 Å². The van der Waals surface area contributed by atoms with Gasteiger partial charge in [0, 0.05) is 53.3 Å². The Labute approximate surface area is 220 Å². The number of anilines is 1. The van der Waals surface area contributed by atoms with Crippen LogP contribution in [0, 0.1) is 12.3 Å². The Balaban J connectivity index is 1.10. The van der Waals surface area contributed by atoms with Gasteiger partial charge in [-0.05, 0) is 88.0 Å². The fourth-order valence-electron chi connectivity index (χ4n) is 7.11. The molecule has 7 rings (SSSR count). The molecule has 194 valence electrons. The number of benzene rings is 1. The topological polar surface area (TPSA) is 51.4 Å². The summed E-state index contributed by atoms with van der Waals surface area (Å²) < 4.78 is 12.0. The van der Waals surface area contributed by atoms with E-state index in [0.29, 0.717) is 23.9 Å². The van der Waals surface area contributed by atoms with E-state index >= 15 is 0 Å². The molecule has 0 unspecified atom stereocenters. The summed E-state index contributed by atoms with van der Waals surface area (Å²) in [5, 5.41) is 5.82. The van der Waals surface area contributed by atoms with Crippen molar-refractivity contribution in [3.8, 4) is 5.75 Å². The monoisotopic (exact) mass is 497 g/mol. The van der Waals surface area contributed by atoms with Crippen molar-refractivity contribution >= 4 is 22.2 Å². The molecule has 4 aliphatic rings. The van der Waals surface area contributed by atoms with Gasteiger partial charge in [0.1, 0.15) is 11.5 Å². The average Bonchev–Trinajstić information content (AvgIpc) is 3.66. The Morgan fingerprint density at radius 3 is 2.54 bits per heavy atom. The lowest BCUT2D eigenvalue weighted by Crippen LogP contribution is -2.42. The van der Waals surface area contributed by atoms with Gasteiger partial charge < -0.3 is 14.2 Å². The fourth-order valence-corrected chi connectivity index (χ4v) is 7.11. The van der Waals surface area contributed by atoms with Crippen molar-refractivity contribution in [2.75, 3.05) is 24.6 Å². The lowest BCUT2D eigenvalue weighted by molar-refractivity contribution is 0.277. The quantitative estimate of drug-likeness (QED) is 0.346. The molecule has 0 atom stereocenters. The minimum atomic E-state index is 0.347. The zero-order valence-electron chi connectivity index (χ0n) is 22.4. The van der Waals surface area contributed by atoms with E-state index in [-0.39, 0.29) is 0 Å². The summed E-state index contributed by atoms with van der Waals surface area (Å²) in [5.74, 6) is 3.38. The highest BCUT2D eigenvalue weighted by Crippen LogP contribution is 2.56. The highest BCUT2D eigenvalue weighted by atomic mass is 16.5. The molecule has 1 aliphatic heterocycles. The Kier molecular flexibility index (Phi) is 5.78. The number of aromatic nitrogens is 2. The molecule has 1 aromatic carbocycles. The van der Waals surface area contributed by atoms with Gasteiger partial charge in [-0.3, -0.25) is 4.98 Å². The highest BCUT2D eigenvalue weighted by molar-refractivity contribution is 5.88. The minimum Gasteiger partial charge on any atom is -0.493 e. The summed E-state index contributed by atoms with van der Waals surface area (Å²) in [4.78, 5) is 7.28. The molecule has 2 saturated carbocycles. The molecule has 1 spiro atoms. The maximum absolute atomic E-state index is 6.04. The van der Waals surface area contributed by atoms with Crippen LogP contribution in [-0.4, -0.2) is 29.8 Å². The normalized spacial score (nSPS) is 21.8. The van der Waals surface area contributed by atoms with Crippen molar-refractivity contribution in [1.29, 1.82) is 0 Å². The van der Waals surface area contributed by atoms with E-state index in [1.165, 1.54) is 92.5 Å². The van der Waals surface area contributed by atoms with Gasteiger partial charge in [-0.25, -0.2) is 0 Å². The van der Waals surface area contributed by atoms with Crippen LogP contribution in [-0.2, 0) is 0 Å². The van der Waals surface area contributed by atoms with E-state index in [0.717, 1.165) is 35.4 Å². The van der Waals surface area contributed by atoms with E-state index in [4.69, 9.17) is 19.4 Å². The summed E-state index contributed by atoms with van der Waals surface area (Å²) >= 11 is 0. The van der Waals surface area contributed by atoms with E-state index in [1.54, 1.807) is 0 Å². The number of pyridine rings is 1. The first-order valence-electron chi connectivity index (χ1n) is 14.6. The van der Waals surface area contributed by atoms with Crippen molar-refractivity contribution < 1.29 is 9.26 Å². The standard InChI is InChI=1S/C32H39N3O2/c1-3-36-28-17-21(2)33-27-12-11-25(18-26(27)28)35-15-13-32(14-16-35)19-24(20-32)29-30(22-7-5-4-6-8-22)34-37-31(29)23-9-10-23/h11-12,17-19,22-23H,3-10,13-16,20H2,1-2H3. The molecule has 1 saturated heterocycles. The van der Waals surface area contributed by atoms with E-state index < -0.39 is 0 Å². The summed E-state index contributed by atoms with van der Waals surface area (Å²) in [5.41, 5.74) is 7.91. The Morgan fingerprint density at radius 1 is 1.03 bits per heavy atom. The molecule has 0 radical (unpaired) electrons. The molecule has 0 N–H and O–H groups in total. The highest BCUT2D eigenvalue weighted by Gasteiger charge is 2.44. The summed E-state index contributed by atoms with van der Waals surface area (Å²) in [6.45, 7) is 6.92. The number of fused-ring (bicyclic) bond motifs is 1. The second-order valence-corrected chi connectivity index (χ2v) is 12.0. The van der Waals surface area contributed by atoms with Crippen molar-refractivity contribution in [2.24, 2.45) is 5.41 Å². The van der Waals surface area contributed by atoms with Gasteiger partial charge >= 0.3 is 0 Å². The Morgan fingerprint density at radius 2 is 1.81 bits per heavy atom. The third-order valence-electron chi connectivity index (χ3n) is 9.34. The number of aryl methyl sites for hydroxylation is 1. The number of allylic oxidation sites excluding steroid dienone is 2. The van der Waals surface area contributed by atoms with Crippen LogP contribution >= 0.6 is 0 Å². The second kappa shape index (κ2) is 9.18. The van der Waals surface area contributed by atoms with Crippen molar-refractivity contribution in [1.82, 2.24) is 10.1 Å². The first-order chi connectivity index (χ1) is 18.1. The Bertz CT molecular complexity index is 1340. The van der Waals surface area contributed by atoms with Crippen LogP contribution in [0.5, 0.6) is 5.75 Å². The summed E-state index contributed by atoms with van der Waals surface area (Å²) in [6.07, 6.45) is 15.4. The van der Waals surface area contributed by atoms with Crippen molar-refractivity contribution in [2.45, 2.75) is 89.9 Å². The molecule has 5 heteroatoms. The first kappa shape index (κ1) is 23.3. The van der Waals surface area contributed by atoms with Gasteiger partial charge in [0.25, 0.3) is 0 Å². The fraction of sp³-hybridized carbons (Fsp3) is 0.562. The molecule has 0 bridgehead atoms. The molecule has 3 heterocycles. The second-order valence-electron chi connectivity index (χ2n) is 12.0. The third kappa shape index (κ3) is 4.24. The van der Waals surface area contributed by atoms with Gasteiger partial charge in [-0.2, -0.15) is 0 Å². The molecule has 5 nitrogen and oxygen atoms in total. The van der Waals surface area contributed by atoms with Crippen LogP contribution in [0.25, 0.3) is 16.5 Å². The predicted molar refractivity (Wildman–Crippen MR) is 148 cm³/mol. The van der Waals surface area contributed by atoms with Crippen molar-refractivity contribution in [3.63, 3.8) is 0 Å². The van der Waals surface area contributed by atoms with Crippen LogP contribution in [0.1, 0.15) is 106 Å². The molecule has 3 aromatic rings. The molecule has 37 heavy (non-hydrogen) atoms. The molecular formula is C32H39N3O2. The largest absolute Gasteiger partial charge is 0.493 e. The summed E-state index contributed by atoms with van der Waals surface area (Å²) in [6, 6.07) is 8.73. The van der Waals surface area contributed by atoms with Crippen LogP contribution in [0.15, 0.2) is 34.9 Å². The SMILES string of the molecule is CCOc1cc(C)nc2ccc(N3CCC4(C=C(c5c(C6CCCCC6)noc5C5CC5)C4)CC3)cc12. The molecule has 3 aliphatic carbocycles. The van der Waals surface area contributed by atoms with E-state index in [1.807, 2.05) is 13.8 Å². The third-order valence-corrected chi connectivity index (χ3v) is 9.34. The van der Waals surface area contributed by atoms with Crippen LogP contribution in [0.2, 0.25) is 0 Å². The summed E-state index contributed by atoms with van der Waals surface area (Å²) in [7, 11) is 0.